The zero-order valence-corrected chi connectivity index (χ0v) is 27.4. The number of amides is 2. The molecule has 45 heavy (non-hydrogen) atoms. The van der Waals surface area contributed by atoms with Gasteiger partial charge in [-0.2, -0.15) is 0 Å². The molecule has 2 atom stereocenters. The Labute approximate surface area is 268 Å². The van der Waals surface area contributed by atoms with Crippen molar-refractivity contribution in [2.75, 3.05) is 12.3 Å². The molecule has 0 bridgehead atoms. The number of carbonyl (C=O) groups excluding carboxylic acids is 3. The number of amidine groups is 1. The van der Waals surface area contributed by atoms with E-state index in [9.17, 15) is 22.8 Å². The Balaban J connectivity index is 1.72. The quantitative estimate of drug-likeness (QED) is 0.0978. The van der Waals surface area contributed by atoms with Crippen LogP contribution in [0.25, 0.3) is 0 Å². The lowest BCUT2D eigenvalue weighted by Gasteiger charge is -2.27. The first-order valence-electron chi connectivity index (χ1n) is 16.3. The van der Waals surface area contributed by atoms with Gasteiger partial charge in [0.15, 0.2) is 15.6 Å². The van der Waals surface area contributed by atoms with Crippen molar-refractivity contribution in [2.24, 2.45) is 17.6 Å². The minimum absolute atomic E-state index is 0.0240. The number of sulfone groups is 1. The molecule has 5 N–H and O–H groups in total. The van der Waals surface area contributed by atoms with Crippen molar-refractivity contribution in [1.82, 2.24) is 10.6 Å². The maximum atomic E-state index is 13.8. The van der Waals surface area contributed by atoms with Gasteiger partial charge in [0, 0.05) is 24.9 Å². The molecule has 9 nitrogen and oxygen atoms in total. The smallest absolute Gasteiger partial charge is 0.224 e. The highest BCUT2D eigenvalue weighted by Crippen LogP contribution is 2.30. The van der Waals surface area contributed by atoms with Crippen LogP contribution >= 0.6 is 0 Å². The summed E-state index contributed by atoms with van der Waals surface area (Å²) in [5, 5.41) is 13.4. The summed E-state index contributed by atoms with van der Waals surface area (Å²) in [4.78, 5) is 39.0. The number of hydrogen-bond donors (Lipinski definition) is 4. The third-order valence-corrected chi connectivity index (χ3v) is 10.3. The van der Waals surface area contributed by atoms with E-state index in [1.54, 1.807) is 43.3 Å². The summed E-state index contributed by atoms with van der Waals surface area (Å²) < 4.78 is 26.6. The van der Waals surface area contributed by atoms with Crippen molar-refractivity contribution >= 4 is 33.3 Å². The number of Topliss-reactive ketones (excluding diaryl/α,β-unsaturated/α-hetero) is 1. The van der Waals surface area contributed by atoms with E-state index in [1.807, 2.05) is 18.2 Å². The number of nitrogen functional groups attached to an aromatic ring is 1. The second-order valence-electron chi connectivity index (χ2n) is 12.3. The van der Waals surface area contributed by atoms with Crippen molar-refractivity contribution in [3.05, 3.63) is 71.3 Å². The predicted octanol–water partition coefficient (Wildman–Crippen LogP) is 4.86. The van der Waals surface area contributed by atoms with Crippen molar-refractivity contribution in [3.8, 4) is 0 Å². The number of nitrogens with one attached hydrogen (secondary N) is 3. The van der Waals surface area contributed by atoms with Crippen LogP contribution in [0.3, 0.4) is 0 Å². The number of ketones is 1. The van der Waals surface area contributed by atoms with E-state index in [1.165, 1.54) is 0 Å². The van der Waals surface area contributed by atoms with Gasteiger partial charge in [0.05, 0.1) is 23.5 Å². The fourth-order valence-corrected chi connectivity index (χ4v) is 7.71. The average molecular weight is 639 g/mol. The van der Waals surface area contributed by atoms with Gasteiger partial charge in [-0.15, -0.1) is 0 Å². The zero-order chi connectivity index (χ0) is 32.7. The third-order valence-electron chi connectivity index (χ3n) is 8.59. The van der Waals surface area contributed by atoms with Crippen molar-refractivity contribution in [2.45, 2.75) is 95.8 Å². The van der Waals surface area contributed by atoms with Crippen LogP contribution in [0, 0.1) is 17.2 Å². The van der Waals surface area contributed by atoms with Crippen LogP contribution in [0.1, 0.15) is 94.2 Å². The fraction of sp³-hybridized carbons (Fsp3) is 0.543. The maximum Gasteiger partial charge on any atom is 0.224 e. The highest BCUT2D eigenvalue weighted by molar-refractivity contribution is 7.90. The van der Waals surface area contributed by atoms with E-state index in [0.29, 0.717) is 56.2 Å². The summed E-state index contributed by atoms with van der Waals surface area (Å²) in [5.41, 5.74) is 7.77. The second-order valence-corrected chi connectivity index (χ2v) is 14.4. The molecular weight excluding hydrogens is 588 g/mol. The molecule has 1 saturated carbocycles. The number of unbranched alkanes of at least 4 members (excludes halogenated alkanes) is 1. The normalized spacial score (nSPS) is 15.1. The molecule has 1 unspecified atom stereocenters. The molecule has 1 aliphatic carbocycles. The van der Waals surface area contributed by atoms with Gasteiger partial charge in [0.2, 0.25) is 11.8 Å². The minimum atomic E-state index is -3.59. The largest absolute Gasteiger partial charge is 0.384 e. The average Bonchev–Trinajstić information content (AvgIpc) is 3.03. The fourth-order valence-electron chi connectivity index (χ4n) is 5.99. The van der Waals surface area contributed by atoms with Gasteiger partial charge in [-0.1, -0.05) is 93.6 Å². The first-order valence-corrected chi connectivity index (χ1v) is 18.2. The van der Waals surface area contributed by atoms with Crippen molar-refractivity contribution in [1.29, 1.82) is 5.41 Å². The third kappa shape index (κ3) is 13.2. The van der Waals surface area contributed by atoms with Crippen LogP contribution < -0.4 is 16.4 Å². The molecule has 3 rings (SSSR count). The predicted molar refractivity (Wildman–Crippen MR) is 178 cm³/mol. The Morgan fingerprint density at radius 1 is 0.956 bits per heavy atom. The maximum absolute atomic E-state index is 13.8. The number of aryl methyl sites for hydroxylation is 1. The van der Waals surface area contributed by atoms with Gasteiger partial charge in [-0.05, 0) is 49.1 Å². The van der Waals surface area contributed by atoms with Gasteiger partial charge in [-0.25, -0.2) is 8.42 Å². The molecule has 2 aromatic carbocycles. The molecule has 246 valence electrons. The Kier molecular flexibility index (Phi) is 14.7. The van der Waals surface area contributed by atoms with Crippen LogP contribution in [0.4, 0.5) is 0 Å². The molecule has 0 saturated heterocycles. The van der Waals surface area contributed by atoms with E-state index in [0.717, 1.165) is 37.7 Å². The Morgan fingerprint density at radius 3 is 2.29 bits per heavy atom. The molecule has 1 aliphatic rings. The SMILES string of the molecule is CCC(=O)NCCCCC(NC(=O)[C@@H](CC1CCCCC1)CS(=O)(=O)Cc1ccccc1)C(=O)CCc1ccc(C(=N)N)cc1. The Morgan fingerprint density at radius 2 is 1.64 bits per heavy atom. The zero-order valence-electron chi connectivity index (χ0n) is 26.6. The molecule has 0 aliphatic heterocycles. The van der Waals surface area contributed by atoms with E-state index < -0.39 is 21.8 Å². The lowest BCUT2D eigenvalue weighted by Crippen LogP contribution is -2.46. The van der Waals surface area contributed by atoms with Crippen LogP contribution in [0.2, 0.25) is 0 Å². The van der Waals surface area contributed by atoms with Crippen molar-refractivity contribution < 1.29 is 22.8 Å². The molecule has 2 aromatic rings. The summed E-state index contributed by atoms with van der Waals surface area (Å²) in [6, 6.07) is 15.4. The minimum Gasteiger partial charge on any atom is -0.384 e. The molecule has 0 heterocycles. The van der Waals surface area contributed by atoms with Gasteiger partial charge in [0.25, 0.3) is 0 Å². The van der Waals surface area contributed by atoms with Crippen LogP contribution in [-0.4, -0.2) is 50.2 Å². The van der Waals surface area contributed by atoms with E-state index in [4.69, 9.17) is 11.1 Å². The van der Waals surface area contributed by atoms with Crippen molar-refractivity contribution in [3.63, 3.8) is 0 Å². The highest BCUT2D eigenvalue weighted by Gasteiger charge is 2.31. The molecule has 1 fully saturated rings. The van der Waals surface area contributed by atoms with Gasteiger partial charge in [-0.3, -0.25) is 19.8 Å². The summed E-state index contributed by atoms with van der Waals surface area (Å²) in [6.45, 7) is 2.28. The Hall–Kier alpha value is -3.53. The molecular formula is C35H50N4O5S. The van der Waals surface area contributed by atoms with E-state index in [2.05, 4.69) is 10.6 Å². The first-order chi connectivity index (χ1) is 21.6. The lowest BCUT2D eigenvalue weighted by molar-refractivity contribution is -0.130. The molecule has 2 amide bonds. The summed E-state index contributed by atoms with van der Waals surface area (Å²) in [7, 11) is -3.59. The Bertz CT molecular complexity index is 1360. The van der Waals surface area contributed by atoms with E-state index in [-0.39, 0.29) is 47.3 Å². The monoisotopic (exact) mass is 638 g/mol. The highest BCUT2D eigenvalue weighted by atomic mass is 32.2. The molecule has 10 heteroatoms. The molecule has 0 spiro atoms. The number of rotatable bonds is 19. The van der Waals surface area contributed by atoms with Crippen LogP contribution in [-0.2, 0) is 36.4 Å². The first kappa shape index (κ1) is 35.9. The molecule has 0 aromatic heterocycles. The standard InChI is InChI=1S/C35H50N4O5S/c1-2-33(41)38-22-10-9-15-31(32(40)21-18-26-16-19-29(20-17-26)34(36)37)39-35(42)30(23-27-11-5-3-6-12-27)25-45(43,44)24-28-13-7-4-8-14-28/h4,7-8,13-14,16-17,19-20,27,30-31H,2-3,5-6,9-12,15,18,21-25H2,1H3,(H3,36,37)(H,38,41)(H,39,42)/t30-,31?/m0/s1. The topological polar surface area (TPSA) is 159 Å². The molecule has 0 radical (unpaired) electrons. The summed E-state index contributed by atoms with van der Waals surface area (Å²) >= 11 is 0. The van der Waals surface area contributed by atoms with Gasteiger partial charge < -0.3 is 16.4 Å². The van der Waals surface area contributed by atoms with Gasteiger partial charge >= 0.3 is 0 Å². The summed E-state index contributed by atoms with van der Waals surface area (Å²) in [6.07, 6.45) is 8.54. The summed E-state index contributed by atoms with van der Waals surface area (Å²) in [5.74, 6) is -1.37. The second kappa shape index (κ2) is 18.4. The van der Waals surface area contributed by atoms with Gasteiger partial charge in [0.1, 0.15) is 5.84 Å². The van der Waals surface area contributed by atoms with Crippen LogP contribution in [0.5, 0.6) is 0 Å². The number of benzene rings is 2. The number of nitrogens with two attached hydrogens (primary N) is 1. The lowest BCUT2D eigenvalue weighted by atomic mass is 9.83. The van der Waals surface area contributed by atoms with E-state index >= 15 is 0 Å². The number of carbonyl (C=O) groups is 3. The van der Waals surface area contributed by atoms with Crippen LogP contribution in [0.15, 0.2) is 54.6 Å². The number of hydrogen-bond acceptors (Lipinski definition) is 6.